The molecule has 0 aromatic heterocycles. The molecule has 110 valence electrons. The number of benzene rings is 2. The first-order valence-electron chi connectivity index (χ1n) is 7.37. The Balaban J connectivity index is 1.82. The molecule has 0 spiro atoms. The predicted molar refractivity (Wildman–Crippen MR) is 88.7 cm³/mol. The number of para-hydroxylation sites is 1. The molecule has 0 radical (unpaired) electrons. The summed E-state index contributed by atoms with van der Waals surface area (Å²) < 4.78 is 0. The smallest absolute Gasteiger partial charge is 0.226 e. The molecule has 0 saturated heterocycles. The Morgan fingerprint density at radius 2 is 1.90 bits per heavy atom. The largest absolute Gasteiger partial charge is 0.384 e. The maximum absolute atomic E-state index is 11.9. The van der Waals surface area contributed by atoms with E-state index in [-0.39, 0.29) is 5.91 Å². The highest BCUT2D eigenvalue weighted by atomic mass is 16.1. The third kappa shape index (κ3) is 4.63. The second-order valence-electron chi connectivity index (χ2n) is 5.11. The number of hydrogen-bond donors (Lipinski definition) is 2. The van der Waals surface area contributed by atoms with Crippen molar-refractivity contribution in [3.63, 3.8) is 0 Å². The van der Waals surface area contributed by atoms with Crippen LogP contribution in [0.25, 0.3) is 0 Å². The highest BCUT2D eigenvalue weighted by molar-refractivity contribution is 5.91. The Labute approximate surface area is 126 Å². The molecule has 0 unspecified atom stereocenters. The van der Waals surface area contributed by atoms with Crippen molar-refractivity contribution >= 4 is 17.3 Å². The summed E-state index contributed by atoms with van der Waals surface area (Å²) in [7, 11) is 0. The lowest BCUT2D eigenvalue weighted by atomic mass is 10.1. The van der Waals surface area contributed by atoms with Crippen LogP contribution >= 0.6 is 0 Å². The highest BCUT2D eigenvalue weighted by Gasteiger charge is 2.03. The van der Waals surface area contributed by atoms with E-state index in [1.165, 1.54) is 5.56 Å². The molecule has 0 fully saturated rings. The van der Waals surface area contributed by atoms with E-state index in [2.05, 4.69) is 29.7 Å². The molecule has 3 heteroatoms. The lowest BCUT2D eigenvalue weighted by Gasteiger charge is -2.11. The minimum absolute atomic E-state index is 0.0297. The molecular formula is C18H22N2O. The summed E-state index contributed by atoms with van der Waals surface area (Å²) in [6, 6.07) is 16.0. The van der Waals surface area contributed by atoms with E-state index >= 15 is 0 Å². The van der Waals surface area contributed by atoms with Crippen molar-refractivity contribution in [2.75, 3.05) is 17.2 Å². The number of carbonyl (C=O) groups excluding carboxylic acids is 1. The first kappa shape index (κ1) is 15.1. The number of anilines is 2. The van der Waals surface area contributed by atoms with Gasteiger partial charge in [-0.3, -0.25) is 4.79 Å². The van der Waals surface area contributed by atoms with E-state index in [1.54, 1.807) is 0 Å². The molecule has 2 rings (SSSR count). The number of amides is 1. The number of rotatable bonds is 6. The zero-order chi connectivity index (χ0) is 15.1. The van der Waals surface area contributed by atoms with Crippen LogP contribution in [0.15, 0.2) is 48.5 Å². The summed E-state index contributed by atoms with van der Waals surface area (Å²) >= 11 is 0. The van der Waals surface area contributed by atoms with Crippen LogP contribution in [0.2, 0.25) is 0 Å². The minimum Gasteiger partial charge on any atom is -0.384 e. The van der Waals surface area contributed by atoms with E-state index in [0.717, 1.165) is 23.4 Å². The quantitative estimate of drug-likeness (QED) is 0.841. The van der Waals surface area contributed by atoms with Crippen molar-refractivity contribution < 1.29 is 4.79 Å². The molecule has 2 aromatic rings. The van der Waals surface area contributed by atoms with Crippen LogP contribution in [-0.2, 0) is 11.2 Å². The molecule has 0 bridgehead atoms. The average Bonchev–Trinajstić information content (AvgIpc) is 2.47. The minimum atomic E-state index is 0.0297. The van der Waals surface area contributed by atoms with Crippen LogP contribution in [-0.4, -0.2) is 12.5 Å². The van der Waals surface area contributed by atoms with Gasteiger partial charge in [0.2, 0.25) is 5.91 Å². The molecule has 1 amide bonds. The van der Waals surface area contributed by atoms with Gasteiger partial charge in [0, 0.05) is 24.3 Å². The van der Waals surface area contributed by atoms with Crippen molar-refractivity contribution in [3.8, 4) is 0 Å². The van der Waals surface area contributed by atoms with Crippen molar-refractivity contribution in [2.45, 2.75) is 26.7 Å². The molecule has 2 N–H and O–H groups in total. The lowest BCUT2D eigenvalue weighted by Crippen LogP contribution is -2.16. The SMILES string of the molecule is CCc1ccccc1NCCC(=O)Nc1cccc(C)c1. The fourth-order valence-electron chi connectivity index (χ4n) is 2.26. The Morgan fingerprint density at radius 3 is 2.67 bits per heavy atom. The van der Waals surface area contributed by atoms with Gasteiger partial charge in [-0.15, -0.1) is 0 Å². The Kier molecular flexibility index (Phi) is 5.38. The van der Waals surface area contributed by atoms with Crippen molar-refractivity contribution in [2.24, 2.45) is 0 Å². The second-order valence-corrected chi connectivity index (χ2v) is 5.11. The normalized spacial score (nSPS) is 10.2. The van der Waals surface area contributed by atoms with Crippen molar-refractivity contribution in [3.05, 3.63) is 59.7 Å². The molecule has 2 aromatic carbocycles. The average molecular weight is 282 g/mol. The van der Waals surface area contributed by atoms with Crippen LogP contribution < -0.4 is 10.6 Å². The summed E-state index contributed by atoms with van der Waals surface area (Å²) in [6.45, 7) is 4.78. The van der Waals surface area contributed by atoms with Crippen LogP contribution in [0, 0.1) is 6.92 Å². The second kappa shape index (κ2) is 7.48. The van der Waals surface area contributed by atoms with E-state index < -0.39 is 0 Å². The number of aryl methyl sites for hydroxylation is 2. The van der Waals surface area contributed by atoms with Gasteiger partial charge in [-0.2, -0.15) is 0 Å². The maximum Gasteiger partial charge on any atom is 0.226 e. The standard InChI is InChI=1S/C18H22N2O/c1-3-15-8-4-5-10-17(15)19-12-11-18(21)20-16-9-6-7-14(2)13-16/h4-10,13,19H,3,11-12H2,1-2H3,(H,20,21). The van der Waals surface area contributed by atoms with Gasteiger partial charge in [0.05, 0.1) is 0 Å². The van der Waals surface area contributed by atoms with Gasteiger partial charge in [-0.1, -0.05) is 37.3 Å². The van der Waals surface area contributed by atoms with Crippen LogP contribution in [0.3, 0.4) is 0 Å². The monoisotopic (exact) mass is 282 g/mol. The number of hydrogen-bond acceptors (Lipinski definition) is 2. The number of nitrogens with one attached hydrogen (secondary N) is 2. The van der Waals surface area contributed by atoms with Gasteiger partial charge in [-0.05, 0) is 42.7 Å². The first-order chi connectivity index (χ1) is 10.2. The fourth-order valence-corrected chi connectivity index (χ4v) is 2.26. The lowest BCUT2D eigenvalue weighted by molar-refractivity contribution is -0.115. The molecule has 0 saturated carbocycles. The van der Waals surface area contributed by atoms with Gasteiger partial charge in [0.1, 0.15) is 0 Å². The Hall–Kier alpha value is -2.29. The zero-order valence-corrected chi connectivity index (χ0v) is 12.6. The topological polar surface area (TPSA) is 41.1 Å². The molecule has 0 atom stereocenters. The molecule has 0 heterocycles. The zero-order valence-electron chi connectivity index (χ0n) is 12.6. The fraction of sp³-hybridized carbons (Fsp3) is 0.278. The van der Waals surface area contributed by atoms with E-state index in [4.69, 9.17) is 0 Å². The van der Waals surface area contributed by atoms with Crippen molar-refractivity contribution in [1.29, 1.82) is 0 Å². The molecule has 0 aliphatic carbocycles. The van der Waals surface area contributed by atoms with E-state index in [1.807, 2.05) is 43.3 Å². The third-order valence-corrected chi connectivity index (χ3v) is 3.37. The summed E-state index contributed by atoms with van der Waals surface area (Å²) in [4.78, 5) is 11.9. The predicted octanol–water partition coefficient (Wildman–Crippen LogP) is 4.00. The van der Waals surface area contributed by atoms with Gasteiger partial charge < -0.3 is 10.6 Å². The summed E-state index contributed by atoms with van der Waals surface area (Å²) in [6.07, 6.45) is 1.44. The van der Waals surface area contributed by atoms with Crippen molar-refractivity contribution in [1.82, 2.24) is 0 Å². The number of carbonyl (C=O) groups is 1. The molecular weight excluding hydrogens is 260 g/mol. The Morgan fingerprint density at radius 1 is 1.10 bits per heavy atom. The third-order valence-electron chi connectivity index (χ3n) is 3.37. The highest BCUT2D eigenvalue weighted by Crippen LogP contribution is 2.15. The van der Waals surface area contributed by atoms with Crippen LogP contribution in [0.1, 0.15) is 24.5 Å². The molecule has 3 nitrogen and oxygen atoms in total. The van der Waals surface area contributed by atoms with E-state index in [9.17, 15) is 4.79 Å². The maximum atomic E-state index is 11.9. The van der Waals surface area contributed by atoms with Crippen LogP contribution in [0.4, 0.5) is 11.4 Å². The molecule has 0 aliphatic rings. The van der Waals surface area contributed by atoms with Gasteiger partial charge in [0.25, 0.3) is 0 Å². The summed E-state index contributed by atoms with van der Waals surface area (Å²) in [5, 5.41) is 6.25. The molecule has 0 aliphatic heterocycles. The Bertz CT molecular complexity index is 608. The first-order valence-corrected chi connectivity index (χ1v) is 7.37. The van der Waals surface area contributed by atoms with Gasteiger partial charge in [0.15, 0.2) is 0 Å². The van der Waals surface area contributed by atoms with Gasteiger partial charge in [-0.25, -0.2) is 0 Å². The van der Waals surface area contributed by atoms with E-state index in [0.29, 0.717) is 13.0 Å². The van der Waals surface area contributed by atoms with Gasteiger partial charge >= 0.3 is 0 Å². The summed E-state index contributed by atoms with van der Waals surface area (Å²) in [5.41, 5.74) is 4.39. The molecule has 21 heavy (non-hydrogen) atoms. The van der Waals surface area contributed by atoms with Crippen LogP contribution in [0.5, 0.6) is 0 Å². The summed E-state index contributed by atoms with van der Waals surface area (Å²) in [5.74, 6) is 0.0297.